The molecule has 0 saturated carbocycles. The third kappa shape index (κ3) is 3.85. The van der Waals surface area contributed by atoms with E-state index in [0.717, 1.165) is 16.0 Å². The summed E-state index contributed by atoms with van der Waals surface area (Å²) >= 11 is 1.47. The van der Waals surface area contributed by atoms with Crippen molar-refractivity contribution >= 4 is 11.3 Å². The zero-order valence-corrected chi connectivity index (χ0v) is 10.3. The van der Waals surface area contributed by atoms with E-state index in [0.29, 0.717) is 0 Å². The summed E-state index contributed by atoms with van der Waals surface area (Å²) in [5.41, 5.74) is 2.13. The fourth-order valence-corrected chi connectivity index (χ4v) is 2.45. The van der Waals surface area contributed by atoms with Crippen molar-refractivity contribution in [3.8, 4) is 11.1 Å². The van der Waals surface area contributed by atoms with Gasteiger partial charge in [-0.15, -0.1) is 11.3 Å². The maximum absolute atomic E-state index is 12.0. The highest BCUT2D eigenvalue weighted by Crippen LogP contribution is 2.25. The van der Waals surface area contributed by atoms with Gasteiger partial charge in [-0.25, -0.2) is 0 Å². The van der Waals surface area contributed by atoms with Crippen LogP contribution in [0.15, 0.2) is 41.8 Å². The Hall–Kier alpha value is -1.33. The SMILES string of the molecule is FC(F)(F)CNCc1cc(-c2ccccc2)cs1. The van der Waals surface area contributed by atoms with Gasteiger partial charge in [-0.05, 0) is 22.6 Å². The van der Waals surface area contributed by atoms with Gasteiger partial charge in [0.2, 0.25) is 0 Å². The number of thiophene rings is 1. The predicted molar refractivity (Wildman–Crippen MR) is 67.5 cm³/mol. The van der Waals surface area contributed by atoms with E-state index in [-0.39, 0.29) is 6.54 Å². The Labute approximate surface area is 107 Å². The molecular weight excluding hydrogens is 259 g/mol. The maximum Gasteiger partial charge on any atom is 0.401 e. The van der Waals surface area contributed by atoms with Gasteiger partial charge < -0.3 is 5.32 Å². The van der Waals surface area contributed by atoms with E-state index >= 15 is 0 Å². The average molecular weight is 271 g/mol. The molecule has 0 aliphatic carbocycles. The lowest BCUT2D eigenvalue weighted by Crippen LogP contribution is -2.27. The molecule has 0 spiro atoms. The van der Waals surface area contributed by atoms with Gasteiger partial charge in [0.25, 0.3) is 0 Å². The van der Waals surface area contributed by atoms with E-state index < -0.39 is 12.7 Å². The second kappa shape index (κ2) is 5.54. The summed E-state index contributed by atoms with van der Waals surface area (Å²) in [5, 5.41) is 4.35. The summed E-state index contributed by atoms with van der Waals surface area (Å²) < 4.78 is 35.9. The van der Waals surface area contributed by atoms with Gasteiger partial charge in [0.05, 0.1) is 6.54 Å². The van der Waals surface area contributed by atoms with Crippen LogP contribution in [0.25, 0.3) is 11.1 Å². The normalized spacial score (nSPS) is 11.7. The molecule has 96 valence electrons. The second-order valence-corrected chi connectivity index (χ2v) is 4.88. The minimum atomic E-state index is -4.15. The van der Waals surface area contributed by atoms with E-state index in [1.807, 2.05) is 41.8 Å². The van der Waals surface area contributed by atoms with Crippen LogP contribution < -0.4 is 5.32 Å². The minimum Gasteiger partial charge on any atom is -0.304 e. The Morgan fingerprint density at radius 2 is 1.78 bits per heavy atom. The van der Waals surface area contributed by atoms with Crippen molar-refractivity contribution in [2.24, 2.45) is 0 Å². The van der Waals surface area contributed by atoms with Crippen LogP contribution >= 0.6 is 11.3 Å². The maximum atomic E-state index is 12.0. The summed E-state index contributed by atoms with van der Waals surface area (Å²) in [6, 6.07) is 11.7. The molecule has 0 fully saturated rings. The van der Waals surface area contributed by atoms with Crippen LogP contribution in [0.3, 0.4) is 0 Å². The van der Waals surface area contributed by atoms with Crippen LogP contribution in [-0.4, -0.2) is 12.7 Å². The molecule has 2 rings (SSSR count). The number of hydrogen-bond donors (Lipinski definition) is 1. The summed E-state index contributed by atoms with van der Waals surface area (Å²) in [6.45, 7) is -0.706. The first-order chi connectivity index (χ1) is 8.54. The second-order valence-electron chi connectivity index (χ2n) is 3.89. The zero-order chi connectivity index (χ0) is 13.0. The van der Waals surface area contributed by atoms with Gasteiger partial charge in [-0.1, -0.05) is 30.3 Å². The van der Waals surface area contributed by atoms with Gasteiger partial charge in [0, 0.05) is 11.4 Å². The van der Waals surface area contributed by atoms with Crippen molar-refractivity contribution in [3.63, 3.8) is 0 Å². The highest BCUT2D eigenvalue weighted by atomic mass is 32.1. The minimum absolute atomic E-state index is 0.247. The average Bonchev–Trinajstić information content (AvgIpc) is 2.77. The molecule has 1 aromatic heterocycles. The quantitative estimate of drug-likeness (QED) is 0.884. The monoisotopic (exact) mass is 271 g/mol. The van der Waals surface area contributed by atoms with Gasteiger partial charge >= 0.3 is 6.18 Å². The lowest BCUT2D eigenvalue weighted by molar-refractivity contribution is -0.125. The molecule has 0 unspecified atom stereocenters. The van der Waals surface area contributed by atoms with Crippen molar-refractivity contribution in [2.75, 3.05) is 6.54 Å². The first kappa shape index (κ1) is 13.1. The molecule has 1 nitrogen and oxygen atoms in total. The van der Waals surface area contributed by atoms with E-state index in [1.54, 1.807) is 0 Å². The van der Waals surface area contributed by atoms with Gasteiger partial charge in [-0.3, -0.25) is 0 Å². The number of hydrogen-bond acceptors (Lipinski definition) is 2. The summed E-state index contributed by atoms with van der Waals surface area (Å²) in [7, 11) is 0. The van der Waals surface area contributed by atoms with E-state index in [4.69, 9.17) is 0 Å². The molecule has 18 heavy (non-hydrogen) atoms. The van der Waals surface area contributed by atoms with E-state index in [2.05, 4.69) is 5.32 Å². The lowest BCUT2D eigenvalue weighted by Gasteiger charge is -2.06. The third-order valence-electron chi connectivity index (χ3n) is 2.39. The topological polar surface area (TPSA) is 12.0 Å². The van der Waals surface area contributed by atoms with Gasteiger partial charge in [-0.2, -0.15) is 13.2 Å². The molecule has 0 aliphatic heterocycles. The van der Waals surface area contributed by atoms with Crippen LogP contribution in [0.4, 0.5) is 13.2 Å². The van der Waals surface area contributed by atoms with Crippen molar-refractivity contribution < 1.29 is 13.2 Å². The predicted octanol–water partition coefficient (Wildman–Crippen LogP) is 4.07. The molecule has 0 saturated heterocycles. The number of nitrogens with one attached hydrogen (secondary N) is 1. The van der Waals surface area contributed by atoms with Gasteiger partial charge in [0.1, 0.15) is 0 Å². The molecule has 1 heterocycles. The molecule has 1 N–H and O–H groups in total. The zero-order valence-electron chi connectivity index (χ0n) is 9.50. The van der Waals surface area contributed by atoms with Crippen molar-refractivity contribution in [1.82, 2.24) is 5.32 Å². The summed E-state index contributed by atoms with van der Waals surface area (Å²) in [4.78, 5) is 0.901. The Morgan fingerprint density at radius 1 is 1.06 bits per heavy atom. The first-order valence-corrected chi connectivity index (χ1v) is 6.33. The van der Waals surface area contributed by atoms with Crippen LogP contribution in [0, 0.1) is 0 Å². The van der Waals surface area contributed by atoms with E-state index in [9.17, 15) is 13.2 Å². The summed E-state index contributed by atoms with van der Waals surface area (Å²) in [5.74, 6) is 0. The standard InChI is InChI=1S/C13H12F3NS/c14-13(15,16)9-17-7-12-6-11(8-18-12)10-4-2-1-3-5-10/h1-6,8,17H,7,9H2. The highest BCUT2D eigenvalue weighted by molar-refractivity contribution is 7.10. The number of rotatable bonds is 4. The molecule has 0 bridgehead atoms. The lowest BCUT2D eigenvalue weighted by atomic mass is 10.1. The van der Waals surface area contributed by atoms with Crippen molar-refractivity contribution in [3.05, 3.63) is 46.7 Å². The smallest absolute Gasteiger partial charge is 0.304 e. The number of halogens is 3. The Kier molecular flexibility index (Phi) is 4.04. The van der Waals surface area contributed by atoms with Gasteiger partial charge in [0.15, 0.2) is 0 Å². The summed E-state index contributed by atoms with van der Waals surface area (Å²) in [6.07, 6.45) is -4.15. The molecule has 1 aromatic carbocycles. The fraction of sp³-hybridized carbons (Fsp3) is 0.231. The molecular formula is C13H12F3NS. The molecule has 0 aliphatic rings. The molecule has 0 amide bonds. The fourth-order valence-electron chi connectivity index (χ4n) is 1.58. The first-order valence-electron chi connectivity index (χ1n) is 5.45. The Bertz CT molecular complexity index is 490. The van der Waals surface area contributed by atoms with Crippen LogP contribution in [0.1, 0.15) is 4.88 Å². The molecule has 0 radical (unpaired) electrons. The van der Waals surface area contributed by atoms with Crippen molar-refractivity contribution in [2.45, 2.75) is 12.7 Å². The van der Waals surface area contributed by atoms with Crippen LogP contribution in [0.5, 0.6) is 0 Å². The molecule has 5 heteroatoms. The number of alkyl halides is 3. The third-order valence-corrected chi connectivity index (χ3v) is 3.32. The highest BCUT2D eigenvalue weighted by Gasteiger charge is 2.26. The Balaban J connectivity index is 1.95. The molecule has 2 aromatic rings. The number of benzene rings is 1. The Morgan fingerprint density at radius 3 is 2.44 bits per heavy atom. The van der Waals surface area contributed by atoms with Crippen LogP contribution in [0.2, 0.25) is 0 Å². The van der Waals surface area contributed by atoms with Crippen molar-refractivity contribution in [1.29, 1.82) is 0 Å². The van der Waals surface area contributed by atoms with Crippen LogP contribution in [-0.2, 0) is 6.54 Å². The molecule has 0 atom stereocenters. The van der Waals surface area contributed by atoms with E-state index in [1.165, 1.54) is 11.3 Å². The largest absolute Gasteiger partial charge is 0.401 e.